The lowest BCUT2D eigenvalue weighted by Gasteiger charge is -2.32. The Morgan fingerprint density at radius 3 is 2.42 bits per heavy atom. The summed E-state index contributed by atoms with van der Waals surface area (Å²) in [4.78, 5) is 12.7. The SMILES string of the molecule is Cc1ccc(S(=O)(=O)N2CCC[C@@H](C(=O)N[C@H](C)C(C)C)C2)cc1. The summed E-state index contributed by atoms with van der Waals surface area (Å²) in [5.74, 6) is 0.0325. The van der Waals surface area contributed by atoms with Gasteiger partial charge < -0.3 is 5.32 Å². The van der Waals surface area contributed by atoms with E-state index in [9.17, 15) is 13.2 Å². The van der Waals surface area contributed by atoms with Crippen LogP contribution in [0.5, 0.6) is 0 Å². The number of nitrogens with zero attached hydrogens (tertiary/aromatic N) is 1. The number of amides is 1. The molecule has 0 aliphatic carbocycles. The van der Waals surface area contributed by atoms with E-state index in [1.807, 2.05) is 13.8 Å². The molecule has 134 valence electrons. The predicted octanol–water partition coefficient (Wildman–Crippen LogP) is 2.56. The molecule has 0 bridgehead atoms. The Labute approximate surface area is 145 Å². The second kappa shape index (κ2) is 7.66. The highest BCUT2D eigenvalue weighted by Crippen LogP contribution is 2.24. The molecule has 1 aromatic carbocycles. The monoisotopic (exact) mass is 352 g/mol. The van der Waals surface area contributed by atoms with Crippen LogP contribution in [0.15, 0.2) is 29.2 Å². The summed E-state index contributed by atoms with van der Waals surface area (Å²) in [6.07, 6.45) is 1.44. The van der Waals surface area contributed by atoms with Crippen molar-refractivity contribution in [1.82, 2.24) is 9.62 Å². The zero-order valence-corrected chi connectivity index (χ0v) is 15.8. The molecular weight excluding hydrogens is 324 g/mol. The smallest absolute Gasteiger partial charge is 0.243 e. The highest BCUT2D eigenvalue weighted by molar-refractivity contribution is 7.89. The van der Waals surface area contributed by atoms with Crippen LogP contribution in [0.1, 0.15) is 39.2 Å². The Morgan fingerprint density at radius 2 is 1.83 bits per heavy atom. The Balaban J connectivity index is 2.09. The molecule has 0 aromatic heterocycles. The first-order chi connectivity index (χ1) is 11.2. The fraction of sp³-hybridized carbons (Fsp3) is 0.611. The van der Waals surface area contributed by atoms with Gasteiger partial charge in [-0.3, -0.25) is 4.79 Å². The van der Waals surface area contributed by atoms with E-state index in [4.69, 9.17) is 0 Å². The average Bonchev–Trinajstić information content (AvgIpc) is 2.55. The molecule has 1 N–H and O–H groups in total. The molecule has 0 spiro atoms. The number of sulfonamides is 1. The van der Waals surface area contributed by atoms with Crippen molar-refractivity contribution in [1.29, 1.82) is 0 Å². The minimum atomic E-state index is -3.54. The molecular formula is C18H28N2O3S. The van der Waals surface area contributed by atoms with Crippen LogP contribution in [0.25, 0.3) is 0 Å². The molecule has 5 nitrogen and oxygen atoms in total. The summed E-state index contributed by atoms with van der Waals surface area (Å²) in [6, 6.07) is 6.95. The number of nitrogens with one attached hydrogen (secondary N) is 1. The maximum absolute atomic E-state index is 12.8. The fourth-order valence-corrected chi connectivity index (χ4v) is 4.27. The van der Waals surface area contributed by atoms with Gasteiger partial charge in [0.15, 0.2) is 0 Å². The van der Waals surface area contributed by atoms with Crippen molar-refractivity contribution in [3.05, 3.63) is 29.8 Å². The second-order valence-electron chi connectivity index (χ2n) is 7.06. The number of piperidine rings is 1. The van der Waals surface area contributed by atoms with E-state index in [-0.39, 0.29) is 24.4 Å². The van der Waals surface area contributed by atoms with Crippen molar-refractivity contribution < 1.29 is 13.2 Å². The fourth-order valence-electron chi connectivity index (χ4n) is 2.74. The van der Waals surface area contributed by atoms with Crippen molar-refractivity contribution in [2.24, 2.45) is 11.8 Å². The maximum atomic E-state index is 12.8. The van der Waals surface area contributed by atoms with E-state index in [0.29, 0.717) is 23.8 Å². The van der Waals surface area contributed by atoms with Gasteiger partial charge in [-0.25, -0.2) is 8.42 Å². The van der Waals surface area contributed by atoms with Crippen LogP contribution >= 0.6 is 0 Å². The van der Waals surface area contributed by atoms with Gasteiger partial charge in [0, 0.05) is 19.1 Å². The van der Waals surface area contributed by atoms with Gasteiger partial charge in [0.25, 0.3) is 0 Å². The van der Waals surface area contributed by atoms with E-state index >= 15 is 0 Å². The van der Waals surface area contributed by atoms with E-state index in [0.717, 1.165) is 12.0 Å². The first-order valence-electron chi connectivity index (χ1n) is 8.59. The van der Waals surface area contributed by atoms with Crippen LogP contribution in [0.2, 0.25) is 0 Å². The van der Waals surface area contributed by atoms with Crippen molar-refractivity contribution in [3.8, 4) is 0 Å². The first-order valence-corrected chi connectivity index (χ1v) is 10.0. The summed E-state index contributed by atoms with van der Waals surface area (Å²) in [7, 11) is -3.54. The topological polar surface area (TPSA) is 66.5 Å². The molecule has 1 fully saturated rings. The van der Waals surface area contributed by atoms with Gasteiger partial charge in [0.05, 0.1) is 10.8 Å². The standard InChI is InChI=1S/C18H28N2O3S/c1-13(2)15(4)19-18(21)16-6-5-11-20(12-16)24(22,23)17-9-7-14(3)8-10-17/h7-10,13,15-16H,5-6,11-12H2,1-4H3,(H,19,21)/t15-,16-/m1/s1. The highest BCUT2D eigenvalue weighted by Gasteiger charge is 2.33. The van der Waals surface area contributed by atoms with Gasteiger partial charge in [0.1, 0.15) is 0 Å². The lowest BCUT2D eigenvalue weighted by molar-refractivity contribution is -0.127. The molecule has 2 rings (SSSR count). The number of benzene rings is 1. The molecule has 1 saturated heterocycles. The summed E-state index contributed by atoms with van der Waals surface area (Å²) >= 11 is 0. The Kier molecular flexibility index (Phi) is 6.04. The summed E-state index contributed by atoms with van der Waals surface area (Å²) in [6.45, 7) is 8.74. The minimum Gasteiger partial charge on any atom is -0.353 e. The van der Waals surface area contributed by atoms with Crippen molar-refractivity contribution in [2.75, 3.05) is 13.1 Å². The molecule has 1 aliphatic rings. The molecule has 0 saturated carbocycles. The van der Waals surface area contributed by atoms with Crippen LogP contribution in [0.4, 0.5) is 0 Å². The van der Waals surface area contributed by atoms with Crippen molar-refractivity contribution in [2.45, 2.75) is 51.5 Å². The third-order valence-electron chi connectivity index (χ3n) is 4.78. The minimum absolute atomic E-state index is 0.0417. The van der Waals surface area contributed by atoms with E-state index < -0.39 is 10.0 Å². The number of carbonyl (C=O) groups excluding carboxylic acids is 1. The lowest BCUT2D eigenvalue weighted by atomic mass is 9.97. The molecule has 24 heavy (non-hydrogen) atoms. The van der Waals surface area contributed by atoms with Crippen LogP contribution in [0.3, 0.4) is 0 Å². The molecule has 2 atom stereocenters. The third kappa shape index (κ3) is 4.36. The van der Waals surface area contributed by atoms with Crippen molar-refractivity contribution in [3.63, 3.8) is 0 Å². The third-order valence-corrected chi connectivity index (χ3v) is 6.66. The zero-order valence-electron chi connectivity index (χ0n) is 15.0. The van der Waals surface area contributed by atoms with Gasteiger partial charge >= 0.3 is 0 Å². The molecule has 0 radical (unpaired) electrons. The van der Waals surface area contributed by atoms with Crippen LogP contribution in [0, 0.1) is 18.8 Å². The van der Waals surface area contributed by atoms with Crippen LogP contribution in [-0.4, -0.2) is 37.8 Å². The number of aryl methyl sites for hydroxylation is 1. The van der Waals surface area contributed by atoms with Gasteiger partial charge in [-0.2, -0.15) is 4.31 Å². The van der Waals surface area contributed by atoms with Gasteiger partial charge in [-0.15, -0.1) is 0 Å². The molecule has 1 amide bonds. The van der Waals surface area contributed by atoms with E-state index in [1.54, 1.807) is 24.3 Å². The van der Waals surface area contributed by atoms with Crippen LogP contribution < -0.4 is 5.32 Å². The average molecular weight is 353 g/mol. The second-order valence-corrected chi connectivity index (χ2v) is 8.99. The quantitative estimate of drug-likeness (QED) is 0.886. The molecule has 0 unspecified atom stereocenters. The number of hydrogen-bond acceptors (Lipinski definition) is 3. The predicted molar refractivity (Wildman–Crippen MR) is 95.1 cm³/mol. The Hall–Kier alpha value is -1.40. The summed E-state index contributed by atoms with van der Waals surface area (Å²) in [5, 5.41) is 3.01. The molecule has 1 aliphatic heterocycles. The molecule has 1 heterocycles. The van der Waals surface area contributed by atoms with Crippen LogP contribution in [-0.2, 0) is 14.8 Å². The molecule has 1 aromatic rings. The highest BCUT2D eigenvalue weighted by atomic mass is 32.2. The lowest BCUT2D eigenvalue weighted by Crippen LogP contribution is -2.47. The largest absolute Gasteiger partial charge is 0.353 e. The van der Waals surface area contributed by atoms with E-state index in [1.165, 1.54) is 4.31 Å². The summed E-state index contributed by atoms with van der Waals surface area (Å²) < 4.78 is 27.0. The van der Waals surface area contributed by atoms with Gasteiger partial charge in [0.2, 0.25) is 15.9 Å². The molecule has 6 heteroatoms. The van der Waals surface area contributed by atoms with E-state index in [2.05, 4.69) is 19.2 Å². The first kappa shape index (κ1) is 18.9. The number of rotatable bonds is 5. The Bertz CT molecular complexity index is 668. The maximum Gasteiger partial charge on any atom is 0.243 e. The normalized spacial score (nSPS) is 20.8. The van der Waals surface area contributed by atoms with Gasteiger partial charge in [-0.05, 0) is 44.7 Å². The Morgan fingerprint density at radius 1 is 1.21 bits per heavy atom. The number of hydrogen-bond donors (Lipinski definition) is 1. The zero-order chi connectivity index (χ0) is 17.9. The van der Waals surface area contributed by atoms with Gasteiger partial charge in [-0.1, -0.05) is 31.5 Å². The van der Waals surface area contributed by atoms with Crippen molar-refractivity contribution >= 4 is 15.9 Å². The number of carbonyl (C=O) groups is 1. The summed E-state index contributed by atoms with van der Waals surface area (Å²) in [5.41, 5.74) is 1.02.